The number of benzene rings is 2. The van der Waals surface area contributed by atoms with E-state index in [-0.39, 0.29) is 15.7 Å². The Morgan fingerprint density at radius 2 is 1.72 bits per heavy atom. The number of ketones is 1. The molecule has 0 aliphatic rings. The molecule has 1 amide bonds. The van der Waals surface area contributed by atoms with Gasteiger partial charge in [-0.25, -0.2) is 8.42 Å². The van der Waals surface area contributed by atoms with E-state index in [0.29, 0.717) is 5.69 Å². The smallest absolute Gasteiger partial charge is 0.263 e. The molecule has 10 nitrogen and oxygen atoms in total. The maximum Gasteiger partial charge on any atom is 0.263 e. The highest BCUT2D eigenvalue weighted by atomic mass is 32.2. The largest absolute Gasteiger partial charge is 0.324 e. The van der Waals surface area contributed by atoms with Crippen LogP contribution in [-0.4, -0.2) is 36.3 Å². The molecule has 0 fully saturated rings. The Kier molecular flexibility index (Phi) is 7.05. The normalized spacial score (nSPS) is 12.5. The van der Waals surface area contributed by atoms with Gasteiger partial charge in [-0.15, -0.1) is 10.2 Å². The highest BCUT2D eigenvalue weighted by Crippen LogP contribution is 2.21. The van der Waals surface area contributed by atoms with E-state index in [9.17, 15) is 18.0 Å². The molecular weight excluding hydrogens is 452 g/mol. The molecule has 0 aliphatic carbocycles. The number of carbonyl (C=O) groups is 2. The minimum absolute atomic E-state index is 0.0117. The van der Waals surface area contributed by atoms with Gasteiger partial charge in [0.05, 0.1) is 10.6 Å². The number of hydrogen-bond acceptors (Lipinski definition) is 9. The Morgan fingerprint density at radius 1 is 1.06 bits per heavy atom. The molecule has 1 heterocycles. The van der Waals surface area contributed by atoms with Crippen molar-refractivity contribution < 1.29 is 18.0 Å². The average Bonchev–Trinajstić information content (AvgIpc) is 3.19. The van der Waals surface area contributed by atoms with Crippen LogP contribution in [0.1, 0.15) is 18.1 Å². The predicted octanol–water partition coefficient (Wildman–Crippen LogP) is 3.64. The van der Waals surface area contributed by atoms with Gasteiger partial charge in [-0.3, -0.25) is 14.3 Å². The van der Waals surface area contributed by atoms with Crippen molar-refractivity contribution in [1.29, 1.82) is 0 Å². The summed E-state index contributed by atoms with van der Waals surface area (Å²) < 4.78 is 27.0. The molecule has 2 aromatic carbocycles. The quantitative estimate of drug-likeness (QED) is 0.378. The maximum absolute atomic E-state index is 12.6. The zero-order valence-electron chi connectivity index (χ0n) is 17.4. The number of amides is 1. The second-order valence-electron chi connectivity index (χ2n) is 6.94. The van der Waals surface area contributed by atoms with E-state index in [1.165, 1.54) is 36.7 Å². The molecule has 0 spiro atoms. The zero-order valence-corrected chi connectivity index (χ0v) is 19.1. The van der Waals surface area contributed by atoms with Gasteiger partial charge in [0.15, 0.2) is 5.78 Å². The van der Waals surface area contributed by atoms with Crippen LogP contribution < -0.4 is 10.0 Å². The van der Waals surface area contributed by atoms with Crippen LogP contribution in [-0.2, 0) is 19.6 Å². The monoisotopic (exact) mass is 472 g/mol. The molecule has 0 aliphatic heterocycles. The third-order valence-electron chi connectivity index (χ3n) is 4.14. The summed E-state index contributed by atoms with van der Waals surface area (Å²) in [5.74, 6) is -1.08. The van der Waals surface area contributed by atoms with Crippen LogP contribution in [0.25, 0.3) is 0 Å². The number of anilines is 2. The van der Waals surface area contributed by atoms with Gasteiger partial charge in [-0.05, 0) is 68.3 Å². The Labute approximate surface area is 188 Å². The second kappa shape index (κ2) is 9.75. The lowest BCUT2D eigenvalue weighted by Crippen LogP contribution is -2.31. The van der Waals surface area contributed by atoms with Crippen LogP contribution in [0.2, 0.25) is 0 Å². The fourth-order valence-electron chi connectivity index (χ4n) is 2.78. The van der Waals surface area contributed by atoms with E-state index in [2.05, 4.69) is 30.5 Å². The Balaban J connectivity index is 1.72. The van der Waals surface area contributed by atoms with Crippen molar-refractivity contribution in [2.45, 2.75) is 31.7 Å². The van der Waals surface area contributed by atoms with E-state index in [4.69, 9.17) is 0 Å². The number of aromatic nitrogens is 2. The molecule has 1 atom stereocenters. The van der Waals surface area contributed by atoms with Gasteiger partial charge in [0, 0.05) is 5.69 Å². The maximum atomic E-state index is 12.6. The van der Waals surface area contributed by atoms with E-state index in [1.807, 2.05) is 19.9 Å². The lowest BCUT2D eigenvalue weighted by molar-refractivity contribution is -0.126. The molecule has 0 bridgehead atoms. The molecule has 0 unspecified atom stereocenters. The summed E-state index contributed by atoms with van der Waals surface area (Å²) in [4.78, 5) is 24.5. The molecule has 0 radical (unpaired) electrons. The van der Waals surface area contributed by atoms with E-state index < -0.39 is 27.8 Å². The lowest BCUT2D eigenvalue weighted by atomic mass is 10.1. The number of sulfonamides is 1. The van der Waals surface area contributed by atoms with E-state index in [0.717, 1.165) is 22.5 Å². The number of carbonyl (C=O) groups excluding carboxylic acids is 2. The number of azo groups is 1. The standard InChI is InChI=1S/C20H20N6O4S2/c1-12-8-13(2)10-16(9-12)22-19(28)18(14(3)27)24-23-15-4-6-17(7-5-15)32(29,30)26-20-25-21-11-31-20/h4-11,18H,1-3H3,(H,22,28)(H,25,26)/t18-/m0/s1. The summed E-state index contributed by atoms with van der Waals surface area (Å²) in [5, 5.41) is 17.8. The first-order valence-corrected chi connectivity index (χ1v) is 11.7. The second-order valence-corrected chi connectivity index (χ2v) is 9.45. The summed E-state index contributed by atoms with van der Waals surface area (Å²) >= 11 is 1.05. The predicted molar refractivity (Wildman–Crippen MR) is 121 cm³/mol. The SMILES string of the molecule is CC(=O)[C@H](N=Nc1ccc(S(=O)(=O)Nc2nncs2)cc1)C(=O)Nc1cc(C)cc(C)c1. The molecular formula is C20H20N6O4S2. The molecule has 0 saturated carbocycles. The average molecular weight is 473 g/mol. The fourth-order valence-corrected chi connectivity index (χ4v) is 4.48. The van der Waals surface area contributed by atoms with Crippen LogP contribution in [0.4, 0.5) is 16.5 Å². The molecule has 3 aromatic rings. The summed E-state index contributed by atoms with van der Waals surface area (Å²) in [6, 6.07) is 9.69. The topological polar surface area (TPSA) is 143 Å². The van der Waals surface area contributed by atoms with Gasteiger partial charge in [-0.1, -0.05) is 17.4 Å². The molecule has 1 aromatic heterocycles. The van der Waals surface area contributed by atoms with Gasteiger partial charge < -0.3 is 5.32 Å². The number of nitrogens with one attached hydrogen (secondary N) is 2. The van der Waals surface area contributed by atoms with Gasteiger partial charge in [0.25, 0.3) is 15.9 Å². The van der Waals surface area contributed by atoms with Crippen molar-refractivity contribution in [3.63, 3.8) is 0 Å². The van der Waals surface area contributed by atoms with Crippen molar-refractivity contribution in [3.8, 4) is 0 Å². The van der Waals surface area contributed by atoms with Crippen LogP contribution in [0, 0.1) is 13.8 Å². The zero-order chi connectivity index (χ0) is 23.3. The van der Waals surface area contributed by atoms with Crippen LogP contribution in [0.15, 0.2) is 63.1 Å². The van der Waals surface area contributed by atoms with Gasteiger partial charge in [0.2, 0.25) is 11.2 Å². The number of Topliss-reactive ketones (excluding diaryl/α,β-unsaturated/α-hetero) is 1. The summed E-state index contributed by atoms with van der Waals surface area (Å²) in [7, 11) is -3.83. The molecule has 166 valence electrons. The van der Waals surface area contributed by atoms with E-state index in [1.54, 1.807) is 12.1 Å². The first-order valence-electron chi connectivity index (χ1n) is 9.33. The molecule has 12 heteroatoms. The Bertz CT molecular complexity index is 1240. The third kappa shape index (κ3) is 6.02. The Morgan fingerprint density at radius 3 is 2.28 bits per heavy atom. The van der Waals surface area contributed by atoms with Crippen molar-refractivity contribution >= 4 is 49.6 Å². The van der Waals surface area contributed by atoms with Crippen molar-refractivity contribution in [3.05, 3.63) is 59.1 Å². The highest BCUT2D eigenvalue weighted by Gasteiger charge is 2.23. The molecule has 32 heavy (non-hydrogen) atoms. The number of aryl methyl sites for hydroxylation is 2. The number of rotatable bonds is 8. The van der Waals surface area contributed by atoms with E-state index >= 15 is 0 Å². The summed E-state index contributed by atoms with van der Waals surface area (Å²) in [5.41, 5.74) is 4.19. The minimum atomic E-state index is -3.83. The summed E-state index contributed by atoms with van der Waals surface area (Å²) in [6.07, 6.45) is 0. The first kappa shape index (κ1) is 23.2. The van der Waals surface area contributed by atoms with Crippen molar-refractivity contribution in [2.75, 3.05) is 10.0 Å². The number of hydrogen-bond donors (Lipinski definition) is 2. The van der Waals surface area contributed by atoms with Crippen molar-refractivity contribution in [1.82, 2.24) is 10.2 Å². The van der Waals surface area contributed by atoms with Crippen LogP contribution >= 0.6 is 11.3 Å². The summed E-state index contributed by atoms with van der Waals surface area (Å²) in [6.45, 7) is 5.05. The number of nitrogens with zero attached hydrogens (tertiary/aromatic N) is 4. The highest BCUT2D eigenvalue weighted by molar-refractivity contribution is 7.93. The fraction of sp³-hybridized carbons (Fsp3) is 0.200. The molecule has 3 rings (SSSR count). The van der Waals surface area contributed by atoms with Gasteiger partial charge >= 0.3 is 0 Å². The Hall–Kier alpha value is -3.51. The van der Waals surface area contributed by atoms with Crippen molar-refractivity contribution in [2.24, 2.45) is 10.2 Å². The van der Waals surface area contributed by atoms with Gasteiger partial charge in [-0.2, -0.15) is 10.2 Å². The van der Waals surface area contributed by atoms with Crippen LogP contribution in [0.5, 0.6) is 0 Å². The van der Waals surface area contributed by atoms with Crippen LogP contribution in [0.3, 0.4) is 0 Å². The lowest BCUT2D eigenvalue weighted by Gasteiger charge is -2.11. The molecule has 2 N–H and O–H groups in total. The first-order chi connectivity index (χ1) is 15.1. The van der Waals surface area contributed by atoms with Gasteiger partial charge in [0.1, 0.15) is 5.51 Å². The third-order valence-corrected chi connectivity index (χ3v) is 6.23. The molecule has 0 saturated heterocycles. The minimum Gasteiger partial charge on any atom is -0.324 e.